The van der Waals surface area contributed by atoms with E-state index in [0.29, 0.717) is 12.8 Å². The van der Waals surface area contributed by atoms with Crippen LogP contribution in [-0.2, 0) is 20.7 Å². The van der Waals surface area contributed by atoms with Gasteiger partial charge in [0.05, 0.1) is 12.3 Å². The van der Waals surface area contributed by atoms with Crippen LogP contribution in [0.15, 0.2) is 53.1 Å². The van der Waals surface area contributed by atoms with Crippen molar-refractivity contribution in [3.8, 4) is 6.07 Å². The molecular formula is C22H23N3O5. The number of rotatable bonds is 8. The zero-order valence-corrected chi connectivity index (χ0v) is 16.4. The summed E-state index contributed by atoms with van der Waals surface area (Å²) < 4.78 is 10.2. The van der Waals surface area contributed by atoms with Gasteiger partial charge in [-0.2, -0.15) is 5.26 Å². The fraction of sp³-hybridized carbons (Fsp3) is 0.364. The van der Waals surface area contributed by atoms with Gasteiger partial charge in [-0.05, 0) is 43.4 Å². The normalized spacial score (nSPS) is 15.6. The SMILES string of the molecule is N#CC1(NC(=O)COC(=O)[C@H](Cc2ccccc2)NC(=O)c2ccco2)CCCC1. The minimum atomic E-state index is -1.01. The molecule has 2 aromatic rings. The maximum absolute atomic E-state index is 12.6. The quantitative estimate of drug-likeness (QED) is 0.644. The van der Waals surface area contributed by atoms with Crippen LogP contribution in [0.1, 0.15) is 41.8 Å². The van der Waals surface area contributed by atoms with E-state index in [1.54, 1.807) is 6.07 Å². The van der Waals surface area contributed by atoms with Gasteiger partial charge in [-0.15, -0.1) is 0 Å². The zero-order valence-electron chi connectivity index (χ0n) is 16.4. The predicted molar refractivity (Wildman–Crippen MR) is 106 cm³/mol. The van der Waals surface area contributed by atoms with E-state index < -0.39 is 36.0 Å². The molecule has 0 unspecified atom stereocenters. The van der Waals surface area contributed by atoms with Gasteiger partial charge in [-0.3, -0.25) is 9.59 Å². The van der Waals surface area contributed by atoms with Gasteiger partial charge in [0.2, 0.25) is 0 Å². The molecule has 0 radical (unpaired) electrons. The number of nitriles is 1. The lowest BCUT2D eigenvalue weighted by molar-refractivity contribution is -0.150. The van der Waals surface area contributed by atoms with E-state index in [9.17, 15) is 19.6 Å². The van der Waals surface area contributed by atoms with Gasteiger partial charge in [-0.1, -0.05) is 30.3 Å². The molecule has 1 fully saturated rings. The third kappa shape index (κ3) is 5.47. The van der Waals surface area contributed by atoms with Crippen LogP contribution in [0.2, 0.25) is 0 Å². The van der Waals surface area contributed by atoms with Crippen molar-refractivity contribution in [3.05, 3.63) is 60.1 Å². The lowest BCUT2D eigenvalue weighted by Crippen LogP contribution is -2.48. The third-order valence-corrected chi connectivity index (χ3v) is 5.01. The highest BCUT2D eigenvalue weighted by Crippen LogP contribution is 2.28. The first kappa shape index (κ1) is 21.1. The third-order valence-electron chi connectivity index (χ3n) is 5.01. The van der Waals surface area contributed by atoms with Crippen molar-refractivity contribution in [2.75, 3.05) is 6.61 Å². The molecule has 1 heterocycles. The van der Waals surface area contributed by atoms with E-state index in [-0.39, 0.29) is 12.2 Å². The number of hydrogen-bond donors (Lipinski definition) is 2. The largest absolute Gasteiger partial charge is 0.459 e. The Kier molecular flexibility index (Phi) is 6.86. The molecule has 2 amide bonds. The number of amides is 2. The summed E-state index contributed by atoms with van der Waals surface area (Å²) in [5.74, 6) is -1.78. The Hall–Kier alpha value is -3.60. The molecule has 8 nitrogen and oxygen atoms in total. The Labute approximate surface area is 174 Å². The Morgan fingerprint density at radius 2 is 1.87 bits per heavy atom. The predicted octanol–water partition coefficient (Wildman–Crippen LogP) is 2.12. The number of hydrogen-bond acceptors (Lipinski definition) is 6. The molecule has 1 saturated carbocycles. The number of carbonyl (C=O) groups excluding carboxylic acids is 3. The van der Waals surface area contributed by atoms with E-state index in [1.165, 1.54) is 12.3 Å². The molecule has 1 aromatic carbocycles. The van der Waals surface area contributed by atoms with Gasteiger partial charge in [0.25, 0.3) is 11.8 Å². The summed E-state index contributed by atoms with van der Waals surface area (Å²) in [5.41, 5.74) is -0.0708. The fourth-order valence-corrected chi connectivity index (χ4v) is 3.46. The van der Waals surface area contributed by atoms with Crippen molar-refractivity contribution in [1.82, 2.24) is 10.6 Å². The Morgan fingerprint density at radius 1 is 1.13 bits per heavy atom. The maximum Gasteiger partial charge on any atom is 0.329 e. The minimum absolute atomic E-state index is 0.0656. The van der Waals surface area contributed by atoms with E-state index in [1.807, 2.05) is 30.3 Å². The number of nitrogens with zero attached hydrogens (tertiary/aromatic N) is 1. The smallest absolute Gasteiger partial charge is 0.329 e. The molecular weight excluding hydrogens is 386 g/mol. The number of nitrogens with one attached hydrogen (secondary N) is 2. The van der Waals surface area contributed by atoms with Gasteiger partial charge in [0.15, 0.2) is 12.4 Å². The van der Waals surface area contributed by atoms with Crippen molar-refractivity contribution >= 4 is 17.8 Å². The monoisotopic (exact) mass is 409 g/mol. The molecule has 2 N–H and O–H groups in total. The second kappa shape index (κ2) is 9.74. The fourth-order valence-electron chi connectivity index (χ4n) is 3.46. The molecule has 30 heavy (non-hydrogen) atoms. The highest BCUT2D eigenvalue weighted by molar-refractivity contribution is 5.94. The van der Waals surface area contributed by atoms with Crippen molar-refractivity contribution in [2.45, 2.75) is 43.7 Å². The highest BCUT2D eigenvalue weighted by Gasteiger charge is 2.35. The van der Waals surface area contributed by atoms with Crippen LogP contribution in [0.25, 0.3) is 0 Å². The molecule has 0 spiro atoms. The van der Waals surface area contributed by atoms with Crippen LogP contribution in [0.5, 0.6) is 0 Å². The second-order valence-corrected chi connectivity index (χ2v) is 7.25. The standard InChI is InChI=1S/C22H23N3O5/c23-15-22(10-4-5-11-22)25-19(26)14-30-21(28)17(13-16-7-2-1-3-8-16)24-20(27)18-9-6-12-29-18/h1-3,6-9,12,17H,4-5,10-11,13-14H2,(H,24,27)(H,25,26)/t17-/m0/s1. The molecule has 0 aliphatic heterocycles. The summed E-state index contributed by atoms with van der Waals surface area (Å²) in [5, 5.41) is 14.6. The maximum atomic E-state index is 12.6. The first-order chi connectivity index (χ1) is 14.5. The molecule has 3 rings (SSSR count). The highest BCUT2D eigenvalue weighted by atomic mass is 16.5. The van der Waals surface area contributed by atoms with Crippen LogP contribution < -0.4 is 10.6 Å². The summed E-state index contributed by atoms with van der Waals surface area (Å²) in [6.07, 6.45) is 4.45. The first-order valence-electron chi connectivity index (χ1n) is 9.78. The van der Waals surface area contributed by atoms with Crippen LogP contribution in [0, 0.1) is 11.3 Å². The van der Waals surface area contributed by atoms with E-state index in [2.05, 4.69) is 16.7 Å². The average molecular weight is 409 g/mol. The molecule has 156 valence electrons. The van der Waals surface area contributed by atoms with E-state index >= 15 is 0 Å². The zero-order chi connectivity index (χ0) is 21.4. The van der Waals surface area contributed by atoms with Gasteiger partial charge in [-0.25, -0.2) is 4.79 Å². The Morgan fingerprint density at radius 3 is 2.50 bits per heavy atom. The number of furan rings is 1. The van der Waals surface area contributed by atoms with Gasteiger partial charge in [0.1, 0.15) is 11.6 Å². The number of ether oxygens (including phenoxy) is 1. The van der Waals surface area contributed by atoms with Gasteiger partial charge < -0.3 is 19.8 Å². The topological polar surface area (TPSA) is 121 Å². The van der Waals surface area contributed by atoms with Crippen molar-refractivity contribution < 1.29 is 23.5 Å². The lowest BCUT2D eigenvalue weighted by Gasteiger charge is -2.22. The number of carbonyl (C=O) groups is 3. The van der Waals surface area contributed by atoms with Crippen molar-refractivity contribution in [2.24, 2.45) is 0 Å². The minimum Gasteiger partial charge on any atom is -0.459 e. The Bertz CT molecular complexity index is 912. The van der Waals surface area contributed by atoms with Crippen molar-refractivity contribution in [3.63, 3.8) is 0 Å². The lowest BCUT2D eigenvalue weighted by atomic mass is 10.00. The summed E-state index contributed by atoms with van der Waals surface area (Å²) in [4.78, 5) is 37.2. The van der Waals surface area contributed by atoms with Crippen molar-refractivity contribution in [1.29, 1.82) is 5.26 Å². The summed E-state index contributed by atoms with van der Waals surface area (Å²) in [6, 6.07) is 13.3. The van der Waals surface area contributed by atoms with Crippen LogP contribution in [-0.4, -0.2) is 36.0 Å². The van der Waals surface area contributed by atoms with Crippen LogP contribution in [0.3, 0.4) is 0 Å². The second-order valence-electron chi connectivity index (χ2n) is 7.25. The summed E-state index contributed by atoms with van der Waals surface area (Å²) >= 11 is 0. The number of esters is 1. The molecule has 1 aliphatic carbocycles. The average Bonchev–Trinajstić information content (AvgIpc) is 3.45. The van der Waals surface area contributed by atoms with Gasteiger partial charge in [0, 0.05) is 6.42 Å². The summed E-state index contributed by atoms with van der Waals surface area (Å²) in [7, 11) is 0. The molecule has 0 bridgehead atoms. The molecule has 1 aromatic heterocycles. The molecule has 0 saturated heterocycles. The van der Waals surface area contributed by atoms with Gasteiger partial charge >= 0.3 is 5.97 Å². The molecule has 1 aliphatic rings. The summed E-state index contributed by atoms with van der Waals surface area (Å²) in [6.45, 7) is -0.524. The Balaban J connectivity index is 1.61. The van der Waals surface area contributed by atoms with E-state index in [4.69, 9.17) is 9.15 Å². The van der Waals surface area contributed by atoms with Crippen LogP contribution in [0.4, 0.5) is 0 Å². The van der Waals surface area contributed by atoms with Crippen LogP contribution >= 0.6 is 0 Å². The molecule has 1 atom stereocenters. The molecule has 8 heteroatoms. The number of benzene rings is 1. The first-order valence-corrected chi connectivity index (χ1v) is 9.78. The van der Waals surface area contributed by atoms with E-state index in [0.717, 1.165) is 18.4 Å².